The number of hydrogen-bond acceptors (Lipinski definition) is 5. The Morgan fingerprint density at radius 3 is 2.50 bits per heavy atom. The molecule has 0 fully saturated rings. The summed E-state index contributed by atoms with van der Waals surface area (Å²) in [6, 6.07) is 12.6. The van der Waals surface area contributed by atoms with Crippen LogP contribution in [0.3, 0.4) is 0 Å². The van der Waals surface area contributed by atoms with Gasteiger partial charge in [0.05, 0.1) is 24.6 Å². The van der Waals surface area contributed by atoms with Crippen LogP contribution in [0.25, 0.3) is 10.9 Å². The fourth-order valence-electron chi connectivity index (χ4n) is 4.05. The number of nitrogens with one attached hydrogen (secondary N) is 1. The Bertz CT molecular complexity index is 1340. The van der Waals surface area contributed by atoms with Crippen molar-refractivity contribution >= 4 is 39.6 Å². The molecule has 4 aromatic rings. The molecule has 2 heterocycles. The highest BCUT2D eigenvalue weighted by Gasteiger charge is 2.30. The summed E-state index contributed by atoms with van der Waals surface area (Å²) in [6.07, 6.45) is 1.54. The maximum atomic E-state index is 15.7. The first kappa shape index (κ1) is 19.8. The SMILES string of the molecule is COc1cc(N2CCN(c3ccc(C(=O)O)cc3)c3c2cc2cn[nH]c2c3F)ccc1F. The van der Waals surface area contributed by atoms with Crippen LogP contribution in [0.5, 0.6) is 5.75 Å². The Labute approximate surface area is 181 Å². The number of hydrogen-bond donors (Lipinski definition) is 2. The van der Waals surface area contributed by atoms with E-state index in [4.69, 9.17) is 4.74 Å². The molecule has 0 bridgehead atoms. The number of H-pyrrole nitrogens is 1. The van der Waals surface area contributed by atoms with Gasteiger partial charge in [0.2, 0.25) is 0 Å². The van der Waals surface area contributed by atoms with Gasteiger partial charge < -0.3 is 19.6 Å². The van der Waals surface area contributed by atoms with Gasteiger partial charge in [0.25, 0.3) is 0 Å². The fraction of sp³-hybridized carbons (Fsp3) is 0.130. The quantitative estimate of drug-likeness (QED) is 0.477. The Balaban J connectivity index is 1.67. The molecular weight excluding hydrogens is 418 g/mol. The van der Waals surface area contributed by atoms with E-state index < -0.39 is 17.6 Å². The second kappa shape index (κ2) is 7.52. The molecule has 5 rings (SSSR count). The summed E-state index contributed by atoms with van der Waals surface area (Å²) in [4.78, 5) is 14.9. The molecule has 0 atom stereocenters. The number of aromatic carboxylic acids is 1. The van der Waals surface area contributed by atoms with E-state index in [9.17, 15) is 14.3 Å². The predicted octanol–water partition coefficient (Wildman–Crippen LogP) is 4.84. The van der Waals surface area contributed by atoms with Crippen molar-refractivity contribution < 1.29 is 23.4 Å². The van der Waals surface area contributed by atoms with Crippen molar-refractivity contribution in [2.45, 2.75) is 0 Å². The Kier molecular flexibility index (Phi) is 4.66. The van der Waals surface area contributed by atoms with Crippen molar-refractivity contribution in [2.24, 2.45) is 0 Å². The largest absolute Gasteiger partial charge is 0.494 e. The van der Waals surface area contributed by atoms with Gasteiger partial charge in [-0.3, -0.25) is 5.10 Å². The standard InChI is InChI=1S/C23H18F2N4O3/c1-32-19-11-16(6-7-17(19)24)28-8-9-29(15-4-2-13(3-5-15)23(30)31)22-18(28)10-14-12-26-27-21(14)20(22)25/h2-7,10-12H,8-9H2,1H3,(H,26,27)(H,30,31). The van der Waals surface area contributed by atoms with E-state index in [-0.39, 0.29) is 16.8 Å². The monoisotopic (exact) mass is 436 g/mol. The first-order chi connectivity index (χ1) is 15.5. The number of benzene rings is 3. The molecule has 0 spiro atoms. The normalized spacial score (nSPS) is 13.3. The van der Waals surface area contributed by atoms with E-state index in [1.165, 1.54) is 25.3 Å². The molecule has 1 aliphatic heterocycles. The van der Waals surface area contributed by atoms with Crippen molar-refractivity contribution in [1.29, 1.82) is 0 Å². The third-order valence-corrected chi connectivity index (χ3v) is 5.61. The zero-order valence-corrected chi connectivity index (χ0v) is 17.0. The van der Waals surface area contributed by atoms with Crippen LogP contribution in [0, 0.1) is 11.6 Å². The lowest BCUT2D eigenvalue weighted by Crippen LogP contribution is -2.37. The van der Waals surface area contributed by atoms with Crippen molar-refractivity contribution in [3.63, 3.8) is 0 Å². The number of halogens is 2. The van der Waals surface area contributed by atoms with Gasteiger partial charge in [0.1, 0.15) is 11.2 Å². The lowest BCUT2D eigenvalue weighted by molar-refractivity contribution is 0.0697. The predicted molar refractivity (Wildman–Crippen MR) is 116 cm³/mol. The van der Waals surface area contributed by atoms with Crippen LogP contribution >= 0.6 is 0 Å². The van der Waals surface area contributed by atoms with Crippen LogP contribution < -0.4 is 14.5 Å². The minimum Gasteiger partial charge on any atom is -0.494 e. The van der Waals surface area contributed by atoms with E-state index in [0.717, 1.165) is 0 Å². The van der Waals surface area contributed by atoms with Crippen LogP contribution in [0.15, 0.2) is 54.7 Å². The van der Waals surface area contributed by atoms with Gasteiger partial charge in [-0.05, 0) is 42.5 Å². The highest BCUT2D eigenvalue weighted by atomic mass is 19.1. The number of carboxylic acid groups (broad SMARTS) is 1. The maximum absolute atomic E-state index is 15.7. The first-order valence-electron chi connectivity index (χ1n) is 9.85. The first-order valence-corrected chi connectivity index (χ1v) is 9.85. The van der Waals surface area contributed by atoms with Crippen LogP contribution in [0.4, 0.5) is 31.5 Å². The second-order valence-corrected chi connectivity index (χ2v) is 7.37. The smallest absolute Gasteiger partial charge is 0.335 e. The van der Waals surface area contributed by atoms with Crippen LogP contribution in [0.2, 0.25) is 0 Å². The molecule has 32 heavy (non-hydrogen) atoms. The summed E-state index contributed by atoms with van der Waals surface area (Å²) in [6.45, 7) is 0.890. The number of rotatable bonds is 4. The number of methoxy groups -OCH3 is 1. The zero-order chi connectivity index (χ0) is 22.4. The van der Waals surface area contributed by atoms with Gasteiger partial charge in [-0.1, -0.05) is 0 Å². The summed E-state index contributed by atoms with van der Waals surface area (Å²) >= 11 is 0. The van der Waals surface area contributed by atoms with Gasteiger partial charge in [-0.2, -0.15) is 5.10 Å². The van der Waals surface area contributed by atoms with Crippen molar-refractivity contribution in [2.75, 3.05) is 30.0 Å². The molecule has 0 unspecified atom stereocenters. The Morgan fingerprint density at radius 1 is 1.06 bits per heavy atom. The zero-order valence-electron chi connectivity index (χ0n) is 17.0. The van der Waals surface area contributed by atoms with Crippen LogP contribution in [-0.2, 0) is 0 Å². The number of ether oxygens (including phenoxy) is 1. The van der Waals surface area contributed by atoms with Crippen molar-refractivity contribution in [3.8, 4) is 5.75 Å². The molecule has 1 aromatic heterocycles. The minimum atomic E-state index is -1.03. The fourth-order valence-corrected chi connectivity index (χ4v) is 4.05. The van der Waals surface area contributed by atoms with E-state index >= 15 is 4.39 Å². The molecule has 0 aliphatic carbocycles. The van der Waals surface area contributed by atoms with Crippen molar-refractivity contribution in [3.05, 3.63) is 71.9 Å². The molecule has 162 valence electrons. The molecule has 2 N–H and O–H groups in total. The molecule has 0 saturated carbocycles. The summed E-state index contributed by atoms with van der Waals surface area (Å²) in [5.74, 6) is -1.89. The van der Waals surface area contributed by atoms with E-state index in [1.54, 1.807) is 35.4 Å². The Morgan fingerprint density at radius 2 is 1.78 bits per heavy atom. The molecule has 7 nitrogen and oxygen atoms in total. The molecule has 1 aliphatic rings. The summed E-state index contributed by atoms with van der Waals surface area (Å²) in [5.41, 5.74) is 2.64. The van der Waals surface area contributed by atoms with Gasteiger partial charge >= 0.3 is 5.97 Å². The third kappa shape index (κ3) is 3.09. The number of aromatic amines is 1. The van der Waals surface area contributed by atoms with Gasteiger partial charge in [0, 0.05) is 35.9 Å². The van der Waals surface area contributed by atoms with Gasteiger partial charge in [-0.15, -0.1) is 0 Å². The van der Waals surface area contributed by atoms with Gasteiger partial charge in [-0.25, -0.2) is 13.6 Å². The van der Waals surface area contributed by atoms with Crippen LogP contribution in [0.1, 0.15) is 10.4 Å². The molecular formula is C23H18F2N4O3. The van der Waals surface area contributed by atoms with E-state index in [1.807, 2.05) is 11.0 Å². The number of carbonyl (C=O) groups is 1. The molecule has 0 radical (unpaired) electrons. The molecule has 9 heteroatoms. The summed E-state index contributed by atoms with van der Waals surface area (Å²) < 4.78 is 34.8. The van der Waals surface area contributed by atoms with E-state index in [0.29, 0.717) is 41.2 Å². The summed E-state index contributed by atoms with van der Waals surface area (Å²) in [5, 5.41) is 16.4. The molecule has 0 saturated heterocycles. The lowest BCUT2D eigenvalue weighted by atomic mass is 10.1. The average Bonchev–Trinajstić information content (AvgIpc) is 3.28. The molecule has 3 aromatic carbocycles. The topological polar surface area (TPSA) is 81.7 Å². The number of nitrogens with zero attached hydrogens (tertiary/aromatic N) is 3. The maximum Gasteiger partial charge on any atom is 0.335 e. The third-order valence-electron chi connectivity index (χ3n) is 5.61. The highest BCUT2D eigenvalue weighted by Crippen LogP contribution is 2.45. The number of fused-ring (bicyclic) bond motifs is 2. The second-order valence-electron chi connectivity index (χ2n) is 7.37. The average molecular weight is 436 g/mol. The molecule has 0 amide bonds. The lowest BCUT2D eigenvalue weighted by Gasteiger charge is -2.39. The van der Waals surface area contributed by atoms with Crippen LogP contribution in [-0.4, -0.2) is 41.5 Å². The van der Waals surface area contributed by atoms with E-state index in [2.05, 4.69) is 10.2 Å². The number of anilines is 4. The van der Waals surface area contributed by atoms with Gasteiger partial charge in [0.15, 0.2) is 17.4 Å². The number of carboxylic acids is 1. The Hall–Kier alpha value is -4.14. The minimum absolute atomic E-state index is 0.0978. The van der Waals surface area contributed by atoms with Crippen molar-refractivity contribution in [1.82, 2.24) is 10.2 Å². The summed E-state index contributed by atoms with van der Waals surface area (Å²) in [7, 11) is 1.39. The number of aromatic nitrogens is 2. The highest BCUT2D eigenvalue weighted by molar-refractivity contribution is 5.96.